The highest BCUT2D eigenvalue weighted by molar-refractivity contribution is 5.97. The molecule has 0 bridgehead atoms. The number of fused-ring (bicyclic) bond motifs is 1. The largest absolute Gasteiger partial charge is 0.381 e. The highest BCUT2D eigenvalue weighted by Gasteiger charge is 2.31. The summed E-state index contributed by atoms with van der Waals surface area (Å²) in [5.41, 5.74) is 1.76. The smallest absolute Gasteiger partial charge is 0.252 e. The molecule has 5 rings (SSSR count). The van der Waals surface area contributed by atoms with Gasteiger partial charge in [0, 0.05) is 44.2 Å². The number of amides is 1. The molecule has 1 aromatic carbocycles. The minimum absolute atomic E-state index is 0.0703. The van der Waals surface area contributed by atoms with Gasteiger partial charge in [-0.05, 0) is 24.5 Å². The molecular weight excluding hydrogens is 356 g/mol. The van der Waals surface area contributed by atoms with Crippen molar-refractivity contribution in [3.05, 3.63) is 59.3 Å². The molecule has 0 aliphatic carbocycles. The highest BCUT2D eigenvalue weighted by Crippen LogP contribution is 2.30. The fourth-order valence-corrected chi connectivity index (χ4v) is 4.02. The minimum atomic E-state index is -0.238. The first kappa shape index (κ1) is 17.1. The monoisotopic (exact) mass is 378 g/mol. The average molecular weight is 378 g/mol. The molecule has 1 amide bonds. The molecule has 0 spiro atoms. The van der Waals surface area contributed by atoms with Gasteiger partial charge in [0.2, 0.25) is 0 Å². The molecule has 8 heteroatoms. The molecule has 3 aromatic rings. The van der Waals surface area contributed by atoms with Gasteiger partial charge in [0.05, 0.1) is 12.2 Å². The van der Waals surface area contributed by atoms with Crippen molar-refractivity contribution in [1.82, 2.24) is 29.9 Å². The van der Waals surface area contributed by atoms with Gasteiger partial charge in [-0.15, -0.1) is 5.10 Å². The predicted molar refractivity (Wildman–Crippen MR) is 101 cm³/mol. The van der Waals surface area contributed by atoms with Gasteiger partial charge in [0.15, 0.2) is 17.5 Å². The number of aryl methyl sites for hydroxylation is 1. The second-order valence-electron chi connectivity index (χ2n) is 7.33. The van der Waals surface area contributed by atoms with Gasteiger partial charge in [-0.2, -0.15) is 9.78 Å². The first-order valence-corrected chi connectivity index (χ1v) is 9.62. The van der Waals surface area contributed by atoms with Crippen LogP contribution in [0, 0.1) is 0 Å². The van der Waals surface area contributed by atoms with Crippen molar-refractivity contribution in [2.24, 2.45) is 7.05 Å². The molecule has 0 radical (unpaired) electrons. The Balaban J connectivity index is 1.57. The molecule has 2 aliphatic rings. The second-order valence-corrected chi connectivity index (χ2v) is 7.33. The lowest BCUT2D eigenvalue weighted by Crippen LogP contribution is -2.37. The van der Waals surface area contributed by atoms with E-state index in [1.807, 2.05) is 42.1 Å². The van der Waals surface area contributed by atoms with E-state index in [1.165, 1.54) is 0 Å². The van der Waals surface area contributed by atoms with Crippen LogP contribution in [0.4, 0.5) is 0 Å². The summed E-state index contributed by atoms with van der Waals surface area (Å²) in [5, 5.41) is 12.2. The first-order chi connectivity index (χ1) is 13.7. The number of aromatic nitrogens is 5. The summed E-state index contributed by atoms with van der Waals surface area (Å²) in [6, 6.07) is 9.39. The van der Waals surface area contributed by atoms with E-state index >= 15 is 0 Å². The zero-order chi connectivity index (χ0) is 19.1. The lowest BCUT2D eigenvalue weighted by Gasteiger charge is -2.25. The third kappa shape index (κ3) is 2.90. The number of nitrogens with zero attached hydrogens (tertiary/aromatic N) is 5. The number of hydrogen-bond acceptors (Lipinski definition) is 5. The van der Waals surface area contributed by atoms with Crippen LogP contribution in [-0.2, 0) is 18.2 Å². The van der Waals surface area contributed by atoms with Crippen molar-refractivity contribution in [1.29, 1.82) is 0 Å². The van der Waals surface area contributed by atoms with Gasteiger partial charge in [-0.25, -0.2) is 4.98 Å². The Morgan fingerprint density at radius 3 is 2.79 bits per heavy atom. The van der Waals surface area contributed by atoms with Crippen LogP contribution in [-0.4, -0.2) is 43.7 Å². The summed E-state index contributed by atoms with van der Waals surface area (Å²) in [7, 11) is 1.88. The van der Waals surface area contributed by atoms with Crippen LogP contribution in [0.5, 0.6) is 0 Å². The number of rotatable bonds is 3. The van der Waals surface area contributed by atoms with Crippen molar-refractivity contribution in [2.45, 2.75) is 31.2 Å². The third-order valence-electron chi connectivity index (χ3n) is 5.55. The van der Waals surface area contributed by atoms with E-state index in [0.29, 0.717) is 6.42 Å². The Morgan fingerprint density at radius 1 is 1.18 bits per heavy atom. The zero-order valence-electron chi connectivity index (χ0n) is 15.7. The normalized spacial score (nSPS) is 20.0. The summed E-state index contributed by atoms with van der Waals surface area (Å²) in [6.45, 7) is 1.46. The Morgan fingerprint density at radius 2 is 2.00 bits per heavy atom. The minimum Gasteiger partial charge on any atom is -0.381 e. The molecule has 1 atom stereocenters. The molecule has 28 heavy (non-hydrogen) atoms. The number of carbonyl (C=O) groups is 1. The number of benzene rings is 1. The summed E-state index contributed by atoms with van der Waals surface area (Å²) in [4.78, 5) is 17.5. The molecule has 8 nitrogen and oxygen atoms in total. The van der Waals surface area contributed by atoms with Crippen LogP contribution < -0.4 is 5.32 Å². The quantitative estimate of drug-likeness (QED) is 0.752. The van der Waals surface area contributed by atoms with Crippen molar-refractivity contribution in [3.8, 4) is 5.82 Å². The van der Waals surface area contributed by atoms with Crippen LogP contribution in [0.25, 0.3) is 5.82 Å². The van der Waals surface area contributed by atoms with E-state index in [-0.39, 0.29) is 17.9 Å². The summed E-state index contributed by atoms with van der Waals surface area (Å²) in [5.74, 6) is 2.59. The second kappa shape index (κ2) is 6.87. The number of hydrogen-bond donors (Lipinski definition) is 1. The molecule has 0 saturated carbocycles. The van der Waals surface area contributed by atoms with E-state index in [9.17, 15) is 4.79 Å². The number of ether oxygens (including phenoxy) is 1. The van der Waals surface area contributed by atoms with Crippen molar-refractivity contribution >= 4 is 5.91 Å². The molecular formula is C20H22N6O2. The Hall–Kier alpha value is -3.00. The Kier molecular flexibility index (Phi) is 4.20. The lowest BCUT2D eigenvalue weighted by atomic mass is 9.95. The highest BCUT2D eigenvalue weighted by atomic mass is 16.5. The Bertz CT molecular complexity index is 1020. The molecule has 4 heterocycles. The summed E-state index contributed by atoms with van der Waals surface area (Å²) < 4.78 is 9.08. The average Bonchev–Trinajstić information content (AvgIpc) is 3.35. The zero-order valence-corrected chi connectivity index (χ0v) is 15.7. The maximum Gasteiger partial charge on any atom is 0.252 e. The van der Waals surface area contributed by atoms with Gasteiger partial charge in [-0.3, -0.25) is 9.48 Å². The SMILES string of the molecule is Cn1nccc1-n1nc(C2CCOCC2)nc1C1Cc2ccccc2C(=O)N1. The lowest BCUT2D eigenvalue weighted by molar-refractivity contribution is 0.0836. The third-order valence-corrected chi connectivity index (χ3v) is 5.55. The molecule has 1 unspecified atom stereocenters. The van der Waals surface area contributed by atoms with Gasteiger partial charge in [0.25, 0.3) is 5.91 Å². The fraction of sp³-hybridized carbons (Fsp3) is 0.400. The molecule has 144 valence electrons. The van der Waals surface area contributed by atoms with E-state index < -0.39 is 0 Å². The van der Waals surface area contributed by atoms with Crippen LogP contribution >= 0.6 is 0 Å². The van der Waals surface area contributed by atoms with E-state index in [0.717, 1.165) is 54.6 Å². The van der Waals surface area contributed by atoms with Gasteiger partial charge in [0.1, 0.15) is 0 Å². The van der Waals surface area contributed by atoms with E-state index in [2.05, 4.69) is 10.4 Å². The van der Waals surface area contributed by atoms with Crippen molar-refractivity contribution in [3.63, 3.8) is 0 Å². The van der Waals surface area contributed by atoms with E-state index in [1.54, 1.807) is 10.9 Å². The maximum absolute atomic E-state index is 12.6. The van der Waals surface area contributed by atoms with E-state index in [4.69, 9.17) is 14.8 Å². The number of carbonyl (C=O) groups excluding carboxylic acids is 1. The predicted octanol–water partition coefficient (Wildman–Crippen LogP) is 1.92. The van der Waals surface area contributed by atoms with Crippen LogP contribution in [0.15, 0.2) is 36.5 Å². The van der Waals surface area contributed by atoms with Crippen molar-refractivity contribution in [2.75, 3.05) is 13.2 Å². The summed E-state index contributed by atoms with van der Waals surface area (Å²) >= 11 is 0. The molecule has 2 aliphatic heterocycles. The van der Waals surface area contributed by atoms with Crippen LogP contribution in [0.3, 0.4) is 0 Å². The van der Waals surface area contributed by atoms with Crippen molar-refractivity contribution < 1.29 is 9.53 Å². The van der Waals surface area contributed by atoms with Gasteiger partial charge in [-0.1, -0.05) is 18.2 Å². The fourth-order valence-electron chi connectivity index (χ4n) is 4.02. The van der Waals surface area contributed by atoms with Gasteiger partial charge < -0.3 is 10.1 Å². The first-order valence-electron chi connectivity index (χ1n) is 9.62. The topological polar surface area (TPSA) is 86.9 Å². The molecule has 2 aromatic heterocycles. The van der Waals surface area contributed by atoms with Gasteiger partial charge >= 0.3 is 0 Å². The van der Waals surface area contributed by atoms with Crippen LogP contribution in [0.1, 0.15) is 52.4 Å². The molecule has 1 fully saturated rings. The molecule has 1 N–H and O–H groups in total. The van der Waals surface area contributed by atoms with Crippen LogP contribution in [0.2, 0.25) is 0 Å². The number of nitrogens with one attached hydrogen (secondary N) is 1. The standard InChI is InChI=1S/C20H22N6O2/c1-25-17(6-9-21-25)26-19(23-18(24-26)13-7-10-28-11-8-13)16-12-14-4-2-3-5-15(14)20(27)22-16/h2-6,9,13,16H,7-8,10-12H2,1H3,(H,22,27). The molecule has 1 saturated heterocycles. The summed E-state index contributed by atoms with van der Waals surface area (Å²) in [6.07, 6.45) is 4.25. The Labute approximate surface area is 162 Å². The maximum atomic E-state index is 12.6.